The number of pyridine rings is 1. The molecule has 2 aromatic carbocycles. The van der Waals surface area contributed by atoms with Gasteiger partial charge in [-0.25, -0.2) is 4.98 Å². The molecule has 1 saturated heterocycles. The summed E-state index contributed by atoms with van der Waals surface area (Å²) in [7, 11) is 0. The zero-order valence-electron chi connectivity index (χ0n) is 17.4. The second kappa shape index (κ2) is 8.24. The molecule has 3 aromatic rings. The third-order valence-electron chi connectivity index (χ3n) is 5.54. The molecule has 0 aliphatic carbocycles. The van der Waals surface area contributed by atoms with Crippen molar-refractivity contribution in [3.63, 3.8) is 0 Å². The van der Waals surface area contributed by atoms with Gasteiger partial charge in [-0.3, -0.25) is 4.79 Å². The van der Waals surface area contributed by atoms with Gasteiger partial charge in [-0.2, -0.15) is 0 Å². The number of hydrogen-bond donors (Lipinski definition) is 0. The second-order valence-electron chi connectivity index (χ2n) is 8.19. The maximum atomic E-state index is 13.5. The minimum Gasteiger partial charge on any atom is -0.494 e. The van der Waals surface area contributed by atoms with Crippen LogP contribution in [0.5, 0.6) is 5.75 Å². The Bertz CT molecular complexity index is 1020. The standard InChI is InChI=1S/C25H28N2O2/c1-4-29-20-9-7-8-19(13-20)24-14-22(21-10-5-6-11-23(21)26-24)25(28)27-15-17(2)12-18(3)16-27/h5-11,13-14,17-18H,4,12,15-16H2,1-3H3/t17-,18-/m1/s1. The number of carbonyl (C=O) groups excluding carboxylic acids is 1. The highest BCUT2D eigenvalue weighted by molar-refractivity contribution is 6.07. The summed E-state index contributed by atoms with van der Waals surface area (Å²) in [5.74, 6) is 1.96. The molecule has 1 aliphatic heterocycles. The van der Waals surface area contributed by atoms with E-state index in [-0.39, 0.29) is 5.91 Å². The van der Waals surface area contributed by atoms with Crippen LogP contribution in [0.25, 0.3) is 22.2 Å². The van der Waals surface area contributed by atoms with Crippen LogP contribution in [0.2, 0.25) is 0 Å². The van der Waals surface area contributed by atoms with Crippen LogP contribution >= 0.6 is 0 Å². The number of rotatable bonds is 4. The molecule has 1 amide bonds. The molecule has 1 aromatic heterocycles. The van der Waals surface area contributed by atoms with Crippen LogP contribution < -0.4 is 4.74 Å². The molecule has 0 N–H and O–H groups in total. The van der Waals surface area contributed by atoms with Gasteiger partial charge in [0.25, 0.3) is 5.91 Å². The molecule has 4 rings (SSSR count). The highest BCUT2D eigenvalue weighted by Gasteiger charge is 2.27. The molecule has 0 spiro atoms. The first-order chi connectivity index (χ1) is 14.0. The number of likely N-dealkylation sites (tertiary alicyclic amines) is 1. The Morgan fingerprint density at radius 3 is 2.59 bits per heavy atom. The Morgan fingerprint density at radius 1 is 1.07 bits per heavy atom. The van der Waals surface area contributed by atoms with E-state index < -0.39 is 0 Å². The summed E-state index contributed by atoms with van der Waals surface area (Å²) in [6, 6.07) is 17.8. The summed E-state index contributed by atoms with van der Waals surface area (Å²) < 4.78 is 5.65. The number of aromatic nitrogens is 1. The molecule has 4 heteroatoms. The molecule has 0 saturated carbocycles. The Hall–Kier alpha value is -2.88. The fourth-order valence-corrected chi connectivity index (χ4v) is 4.41. The fraction of sp³-hybridized carbons (Fsp3) is 0.360. The lowest BCUT2D eigenvalue weighted by Crippen LogP contribution is -2.42. The third kappa shape index (κ3) is 4.12. The third-order valence-corrected chi connectivity index (χ3v) is 5.54. The number of hydrogen-bond acceptors (Lipinski definition) is 3. The van der Waals surface area contributed by atoms with Crippen molar-refractivity contribution in [1.82, 2.24) is 9.88 Å². The van der Waals surface area contributed by atoms with Crippen LogP contribution in [-0.4, -0.2) is 35.5 Å². The van der Waals surface area contributed by atoms with E-state index in [2.05, 4.69) is 13.8 Å². The van der Waals surface area contributed by atoms with Gasteiger partial charge < -0.3 is 9.64 Å². The van der Waals surface area contributed by atoms with Gasteiger partial charge in [0.15, 0.2) is 0 Å². The number of piperidine rings is 1. The molecule has 150 valence electrons. The van der Waals surface area contributed by atoms with E-state index in [9.17, 15) is 4.79 Å². The van der Waals surface area contributed by atoms with Crippen LogP contribution in [0, 0.1) is 11.8 Å². The van der Waals surface area contributed by atoms with Crippen molar-refractivity contribution >= 4 is 16.8 Å². The van der Waals surface area contributed by atoms with E-state index >= 15 is 0 Å². The molecular weight excluding hydrogens is 360 g/mol. The van der Waals surface area contributed by atoms with Crippen LogP contribution in [0.15, 0.2) is 54.6 Å². The zero-order valence-corrected chi connectivity index (χ0v) is 17.4. The Kier molecular flexibility index (Phi) is 5.52. The number of nitrogens with zero attached hydrogens (tertiary/aromatic N) is 2. The predicted molar refractivity (Wildman–Crippen MR) is 117 cm³/mol. The average molecular weight is 389 g/mol. The van der Waals surface area contributed by atoms with Gasteiger partial charge in [-0.15, -0.1) is 0 Å². The first-order valence-corrected chi connectivity index (χ1v) is 10.5. The molecule has 0 radical (unpaired) electrons. The molecule has 1 fully saturated rings. The first kappa shape index (κ1) is 19.4. The van der Waals surface area contributed by atoms with E-state index in [1.165, 1.54) is 6.42 Å². The number of amides is 1. The van der Waals surface area contributed by atoms with Crippen molar-refractivity contribution in [2.75, 3.05) is 19.7 Å². The summed E-state index contributed by atoms with van der Waals surface area (Å²) in [5, 5.41) is 0.910. The summed E-state index contributed by atoms with van der Waals surface area (Å²) in [6.07, 6.45) is 1.18. The van der Waals surface area contributed by atoms with E-state index in [0.717, 1.165) is 46.6 Å². The molecule has 0 bridgehead atoms. The topological polar surface area (TPSA) is 42.4 Å². The highest BCUT2D eigenvalue weighted by atomic mass is 16.5. The maximum Gasteiger partial charge on any atom is 0.254 e. The van der Waals surface area contributed by atoms with E-state index in [1.54, 1.807) is 0 Å². The predicted octanol–water partition coefficient (Wildman–Crippen LogP) is 5.42. The zero-order chi connectivity index (χ0) is 20.4. The van der Waals surface area contributed by atoms with E-state index in [4.69, 9.17) is 9.72 Å². The Morgan fingerprint density at radius 2 is 1.83 bits per heavy atom. The number of ether oxygens (including phenoxy) is 1. The minimum atomic E-state index is 0.101. The Balaban J connectivity index is 1.79. The quantitative estimate of drug-likeness (QED) is 0.599. The SMILES string of the molecule is CCOc1cccc(-c2cc(C(=O)N3C[C@H](C)C[C@@H](C)C3)c3ccccc3n2)c1. The van der Waals surface area contributed by atoms with Crippen molar-refractivity contribution in [3.8, 4) is 17.0 Å². The molecule has 29 heavy (non-hydrogen) atoms. The molecule has 4 nitrogen and oxygen atoms in total. The van der Waals surface area contributed by atoms with Crippen molar-refractivity contribution in [2.45, 2.75) is 27.2 Å². The van der Waals surface area contributed by atoms with Gasteiger partial charge >= 0.3 is 0 Å². The number of carbonyl (C=O) groups is 1. The lowest BCUT2D eigenvalue weighted by atomic mass is 9.91. The summed E-state index contributed by atoms with van der Waals surface area (Å²) in [4.78, 5) is 20.4. The summed E-state index contributed by atoms with van der Waals surface area (Å²) in [5.41, 5.74) is 3.32. The van der Waals surface area contributed by atoms with Crippen LogP contribution in [-0.2, 0) is 0 Å². The molecular formula is C25H28N2O2. The normalized spacial score (nSPS) is 19.3. The number of benzene rings is 2. The number of para-hydroxylation sites is 1. The summed E-state index contributed by atoms with van der Waals surface area (Å²) >= 11 is 0. The highest BCUT2D eigenvalue weighted by Crippen LogP contribution is 2.29. The van der Waals surface area contributed by atoms with Crippen molar-refractivity contribution < 1.29 is 9.53 Å². The van der Waals surface area contributed by atoms with Gasteiger partial charge in [0.1, 0.15) is 5.75 Å². The summed E-state index contributed by atoms with van der Waals surface area (Å²) in [6.45, 7) is 8.67. The number of fused-ring (bicyclic) bond motifs is 1. The minimum absolute atomic E-state index is 0.101. The van der Waals surface area contributed by atoms with Gasteiger partial charge in [-0.05, 0) is 49.4 Å². The average Bonchev–Trinajstić information content (AvgIpc) is 2.72. The molecule has 2 heterocycles. The van der Waals surface area contributed by atoms with Gasteiger partial charge in [0.2, 0.25) is 0 Å². The second-order valence-corrected chi connectivity index (χ2v) is 8.19. The first-order valence-electron chi connectivity index (χ1n) is 10.5. The van der Waals surface area contributed by atoms with Gasteiger partial charge in [0.05, 0.1) is 23.4 Å². The van der Waals surface area contributed by atoms with Crippen molar-refractivity contribution in [3.05, 3.63) is 60.2 Å². The van der Waals surface area contributed by atoms with Crippen LogP contribution in [0.3, 0.4) is 0 Å². The van der Waals surface area contributed by atoms with Crippen LogP contribution in [0.1, 0.15) is 37.6 Å². The smallest absolute Gasteiger partial charge is 0.254 e. The maximum absolute atomic E-state index is 13.5. The van der Waals surface area contributed by atoms with Crippen molar-refractivity contribution in [2.24, 2.45) is 11.8 Å². The fourth-order valence-electron chi connectivity index (χ4n) is 4.41. The monoisotopic (exact) mass is 388 g/mol. The molecule has 1 aliphatic rings. The molecule has 0 unspecified atom stereocenters. The lowest BCUT2D eigenvalue weighted by molar-refractivity contribution is 0.0625. The lowest BCUT2D eigenvalue weighted by Gasteiger charge is -2.35. The largest absolute Gasteiger partial charge is 0.494 e. The van der Waals surface area contributed by atoms with Gasteiger partial charge in [0, 0.05) is 24.0 Å². The Labute approximate surface area is 172 Å². The molecule has 2 atom stereocenters. The van der Waals surface area contributed by atoms with Gasteiger partial charge in [-0.1, -0.05) is 44.2 Å². The van der Waals surface area contributed by atoms with Crippen molar-refractivity contribution in [1.29, 1.82) is 0 Å². The van der Waals surface area contributed by atoms with Crippen LogP contribution in [0.4, 0.5) is 0 Å². The van der Waals surface area contributed by atoms with E-state index in [1.807, 2.05) is 66.4 Å². The van der Waals surface area contributed by atoms with E-state index in [0.29, 0.717) is 18.4 Å².